The normalized spacial score (nSPS) is 11.8. The number of hydrogen-bond donors (Lipinski definition) is 1. The van der Waals surface area contributed by atoms with Gasteiger partial charge in [0.05, 0.1) is 17.6 Å². The van der Waals surface area contributed by atoms with E-state index in [2.05, 4.69) is 21.2 Å². The van der Waals surface area contributed by atoms with E-state index < -0.39 is 5.82 Å². The van der Waals surface area contributed by atoms with E-state index in [0.717, 1.165) is 5.56 Å². The Labute approximate surface area is 131 Å². The number of nitrogens with one attached hydrogen (secondary N) is 1. The van der Waals surface area contributed by atoms with E-state index in [9.17, 15) is 9.18 Å². The van der Waals surface area contributed by atoms with Crippen LogP contribution in [0, 0.1) is 5.82 Å². The van der Waals surface area contributed by atoms with Crippen molar-refractivity contribution in [3.05, 3.63) is 63.9 Å². The minimum absolute atomic E-state index is 0.250. The van der Waals surface area contributed by atoms with E-state index in [0.29, 0.717) is 10.2 Å². The Kier molecular flexibility index (Phi) is 4.96. The minimum Gasteiger partial charge on any atom is -0.496 e. The molecule has 0 saturated heterocycles. The van der Waals surface area contributed by atoms with Gasteiger partial charge in [0, 0.05) is 11.1 Å². The molecule has 110 valence electrons. The summed E-state index contributed by atoms with van der Waals surface area (Å²) in [6.45, 7) is 1.85. The van der Waals surface area contributed by atoms with Crippen LogP contribution in [0.5, 0.6) is 5.75 Å². The lowest BCUT2D eigenvalue weighted by atomic mass is 10.1. The number of para-hydroxylation sites is 1. The summed E-state index contributed by atoms with van der Waals surface area (Å²) < 4.78 is 19.1. The quantitative estimate of drug-likeness (QED) is 0.900. The molecular formula is C16H15BrFNO2. The maximum Gasteiger partial charge on any atom is 0.251 e. The highest BCUT2D eigenvalue weighted by Crippen LogP contribution is 2.25. The molecule has 2 rings (SSSR count). The topological polar surface area (TPSA) is 38.3 Å². The second-order valence-electron chi connectivity index (χ2n) is 4.57. The third kappa shape index (κ3) is 3.61. The fourth-order valence-electron chi connectivity index (χ4n) is 2.02. The average Bonchev–Trinajstić information content (AvgIpc) is 2.49. The number of halogens is 2. The smallest absolute Gasteiger partial charge is 0.251 e. The average molecular weight is 352 g/mol. The van der Waals surface area contributed by atoms with Crippen molar-refractivity contribution in [2.75, 3.05) is 7.11 Å². The van der Waals surface area contributed by atoms with Crippen LogP contribution < -0.4 is 10.1 Å². The zero-order chi connectivity index (χ0) is 15.4. The van der Waals surface area contributed by atoms with Crippen molar-refractivity contribution in [3.8, 4) is 5.75 Å². The lowest BCUT2D eigenvalue weighted by Crippen LogP contribution is -2.27. The molecular weight excluding hydrogens is 337 g/mol. The van der Waals surface area contributed by atoms with Gasteiger partial charge in [-0.15, -0.1) is 0 Å². The van der Waals surface area contributed by atoms with Gasteiger partial charge in [0.25, 0.3) is 5.91 Å². The van der Waals surface area contributed by atoms with E-state index in [1.54, 1.807) is 13.2 Å². The molecule has 0 bridgehead atoms. The number of methoxy groups -OCH3 is 1. The van der Waals surface area contributed by atoms with Crippen LogP contribution in [0.25, 0.3) is 0 Å². The van der Waals surface area contributed by atoms with Crippen LogP contribution in [-0.2, 0) is 0 Å². The monoisotopic (exact) mass is 351 g/mol. The van der Waals surface area contributed by atoms with E-state index in [-0.39, 0.29) is 17.5 Å². The molecule has 0 saturated carbocycles. The maximum atomic E-state index is 13.5. The molecule has 5 heteroatoms. The number of hydrogen-bond acceptors (Lipinski definition) is 2. The molecule has 0 aliphatic carbocycles. The van der Waals surface area contributed by atoms with Crippen LogP contribution in [0.15, 0.2) is 46.9 Å². The van der Waals surface area contributed by atoms with Gasteiger partial charge >= 0.3 is 0 Å². The van der Waals surface area contributed by atoms with Crippen molar-refractivity contribution in [1.29, 1.82) is 0 Å². The predicted octanol–water partition coefficient (Wildman–Crippen LogP) is 4.09. The van der Waals surface area contributed by atoms with Crippen LogP contribution in [0.3, 0.4) is 0 Å². The van der Waals surface area contributed by atoms with Gasteiger partial charge in [-0.05, 0) is 47.1 Å². The molecule has 2 aromatic carbocycles. The number of carbonyl (C=O) groups is 1. The van der Waals surface area contributed by atoms with Crippen molar-refractivity contribution in [2.24, 2.45) is 0 Å². The second-order valence-corrected chi connectivity index (χ2v) is 5.42. The summed E-state index contributed by atoms with van der Waals surface area (Å²) in [5.41, 5.74) is 1.14. The van der Waals surface area contributed by atoms with Crippen LogP contribution >= 0.6 is 15.9 Å². The fourth-order valence-corrected chi connectivity index (χ4v) is 2.27. The molecule has 0 fully saturated rings. The zero-order valence-electron chi connectivity index (χ0n) is 11.7. The first-order chi connectivity index (χ1) is 10.0. The van der Waals surface area contributed by atoms with Crippen molar-refractivity contribution < 1.29 is 13.9 Å². The summed E-state index contributed by atoms with van der Waals surface area (Å²) >= 11 is 3.06. The maximum absolute atomic E-state index is 13.5. The highest BCUT2D eigenvalue weighted by Gasteiger charge is 2.15. The van der Waals surface area contributed by atoms with Gasteiger partial charge in [0.15, 0.2) is 0 Å². The van der Waals surface area contributed by atoms with E-state index >= 15 is 0 Å². The highest BCUT2D eigenvalue weighted by atomic mass is 79.9. The summed E-state index contributed by atoms with van der Waals surface area (Å²) in [4.78, 5) is 12.2. The summed E-state index contributed by atoms with van der Waals surface area (Å²) in [7, 11) is 1.58. The fraction of sp³-hybridized carbons (Fsp3) is 0.188. The second kappa shape index (κ2) is 6.72. The summed E-state index contributed by atoms with van der Waals surface area (Å²) in [5, 5.41) is 2.83. The van der Waals surface area contributed by atoms with Crippen LogP contribution in [0.1, 0.15) is 28.9 Å². The molecule has 0 radical (unpaired) electrons. The lowest BCUT2D eigenvalue weighted by molar-refractivity contribution is 0.0939. The Bertz CT molecular complexity index is 660. The first kappa shape index (κ1) is 15.5. The van der Waals surface area contributed by atoms with Gasteiger partial charge < -0.3 is 10.1 Å². The predicted molar refractivity (Wildman–Crippen MR) is 83.0 cm³/mol. The number of ether oxygens (including phenoxy) is 1. The first-order valence-corrected chi connectivity index (χ1v) is 7.21. The van der Waals surface area contributed by atoms with Gasteiger partial charge in [-0.3, -0.25) is 4.79 Å². The Hall–Kier alpha value is -1.88. The number of benzene rings is 2. The van der Waals surface area contributed by atoms with Crippen molar-refractivity contribution >= 4 is 21.8 Å². The third-order valence-electron chi connectivity index (χ3n) is 3.13. The molecule has 0 aliphatic rings. The molecule has 0 spiro atoms. The van der Waals surface area contributed by atoms with Crippen LogP contribution in [0.2, 0.25) is 0 Å². The van der Waals surface area contributed by atoms with E-state index in [1.807, 2.05) is 31.2 Å². The van der Waals surface area contributed by atoms with Gasteiger partial charge in [-0.1, -0.05) is 18.2 Å². The minimum atomic E-state index is -0.465. The summed E-state index contributed by atoms with van der Waals surface area (Å²) in [5.74, 6) is -0.0975. The molecule has 0 heterocycles. The van der Waals surface area contributed by atoms with Crippen molar-refractivity contribution in [2.45, 2.75) is 13.0 Å². The van der Waals surface area contributed by atoms with E-state index in [4.69, 9.17) is 4.74 Å². The Balaban J connectivity index is 2.16. The molecule has 0 aliphatic heterocycles. The Morgan fingerprint density at radius 2 is 2.00 bits per heavy atom. The number of rotatable bonds is 4. The van der Waals surface area contributed by atoms with E-state index in [1.165, 1.54) is 12.1 Å². The summed E-state index contributed by atoms with van der Waals surface area (Å²) in [6.07, 6.45) is 0. The molecule has 0 aromatic heterocycles. The molecule has 1 unspecified atom stereocenters. The molecule has 2 aromatic rings. The van der Waals surface area contributed by atoms with Crippen molar-refractivity contribution in [1.82, 2.24) is 5.32 Å². The molecule has 21 heavy (non-hydrogen) atoms. The van der Waals surface area contributed by atoms with Crippen LogP contribution in [-0.4, -0.2) is 13.0 Å². The zero-order valence-corrected chi connectivity index (χ0v) is 13.3. The highest BCUT2D eigenvalue weighted by molar-refractivity contribution is 9.10. The number of carbonyl (C=O) groups excluding carboxylic acids is 1. The third-order valence-corrected chi connectivity index (χ3v) is 3.78. The summed E-state index contributed by atoms with van der Waals surface area (Å²) in [6, 6.07) is 11.5. The van der Waals surface area contributed by atoms with Crippen molar-refractivity contribution in [3.63, 3.8) is 0 Å². The van der Waals surface area contributed by atoms with Gasteiger partial charge in [0.2, 0.25) is 0 Å². The Morgan fingerprint density at radius 1 is 1.29 bits per heavy atom. The lowest BCUT2D eigenvalue weighted by Gasteiger charge is -2.17. The molecule has 1 atom stereocenters. The number of amides is 1. The van der Waals surface area contributed by atoms with Gasteiger partial charge in [-0.25, -0.2) is 4.39 Å². The standard InChI is InChI=1S/C16H15BrFNO2/c1-10(12-5-3-4-6-15(12)21-2)19-16(20)11-7-8-13(17)14(18)9-11/h3-10H,1-2H3,(H,19,20). The first-order valence-electron chi connectivity index (χ1n) is 6.41. The largest absolute Gasteiger partial charge is 0.496 e. The molecule has 3 nitrogen and oxygen atoms in total. The molecule has 1 amide bonds. The SMILES string of the molecule is COc1ccccc1C(C)NC(=O)c1ccc(Br)c(F)c1. The van der Waals surface area contributed by atoms with Gasteiger partial charge in [0.1, 0.15) is 11.6 Å². The molecule has 1 N–H and O–H groups in total. The Morgan fingerprint density at radius 3 is 2.67 bits per heavy atom. The van der Waals surface area contributed by atoms with Crippen LogP contribution in [0.4, 0.5) is 4.39 Å². The van der Waals surface area contributed by atoms with Gasteiger partial charge in [-0.2, -0.15) is 0 Å².